The molecule has 2 heterocycles. The molecule has 0 aromatic heterocycles. The van der Waals surface area contributed by atoms with E-state index in [4.69, 9.17) is 27.9 Å². The van der Waals surface area contributed by atoms with Crippen LogP contribution < -0.4 is 9.64 Å². The maximum absolute atomic E-state index is 15.0. The average Bonchev–Trinajstić information content (AvgIpc) is 3.33. The first kappa shape index (κ1) is 31.0. The number of allylic oxidation sites excluding steroid dienone is 3. The number of carbonyl (C=O) groups is 4. The summed E-state index contributed by atoms with van der Waals surface area (Å²) in [5.41, 5.74) is -1.13. The van der Waals surface area contributed by atoms with Gasteiger partial charge in [0.25, 0.3) is 11.8 Å². The van der Waals surface area contributed by atoms with Gasteiger partial charge in [0, 0.05) is 13.0 Å². The van der Waals surface area contributed by atoms with Crippen LogP contribution in [0.15, 0.2) is 35.9 Å². The SMILES string of the molecule is COc1cc(C=CC2C3=CCC4C(=O)N(C)C(=O)C4C3CC3(Cl)C(=O)N(c4c(F)c(F)c(F)c(F)c4F)C(=O)C23Cl)ccc1O. The van der Waals surface area contributed by atoms with Crippen LogP contribution in [0.1, 0.15) is 18.4 Å². The lowest BCUT2D eigenvalue weighted by atomic mass is 9.57. The molecular formula is C30H21Cl2F5N2O6. The number of phenols is 1. The van der Waals surface area contributed by atoms with Gasteiger partial charge in [-0.15, -0.1) is 23.2 Å². The van der Waals surface area contributed by atoms with Gasteiger partial charge in [0.15, 0.2) is 44.5 Å². The molecule has 45 heavy (non-hydrogen) atoms. The molecule has 0 bridgehead atoms. The average molecular weight is 671 g/mol. The van der Waals surface area contributed by atoms with Crippen LogP contribution in [0.4, 0.5) is 27.6 Å². The number of ether oxygens (including phenoxy) is 1. The third-order valence-electron chi connectivity index (χ3n) is 9.18. The number of rotatable bonds is 4. The van der Waals surface area contributed by atoms with Crippen molar-refractivity contribution in [1.29, 1.82) is 0 Å². The zero-order valence-electron chi connectivity index (χ0n) is 23.2. The number of hydrogen-bond acceptors (Lipinski definition) is 6. The van der Waals surface area contributed by atoms with Crippen LogP contribution in [0.25, 0.3) is 6.08 Å². The Morgan fingerprint density at radius 3 is 2.18 bits per heavy atom. The summed E-state index contributed by atoms with van der Waals surface area (Å²) in [5.74, 6) is -20.8. The van der Waals surface area contributed by atoms with Crippen LogP contribution in [0.5, 0.6) is 11.5 Å². The third kappa shape index (κ3) is 3.95. The van der Waals surface area contributed by atoms with Gasteiger partial charge in [0.05, 0.1) is 18.9 Å². The Bertz CT molecular complexity index is 1770. The highest BCUT2D eigenvalue weighted by Gasteiger charge is 2.76. The van der Waals surface area contributed by atoms with Gasteiger partial charge in [0.1, 0.15) is 5.69 Å². The summed E-state index contributed by atoms with van der Waals surface area (Å²) < 4.78 is 77.5. The van der Waals surface area contributed by atoms with Gasteiger partial charge in [0.2, 0.25) is 17.6 Å². The molecule has 2 aliphatic heterocycles. The van der Waals surface area contributed by atoms with Gasteiger partial charge < -0.3 is 9.84 Å². The van der Waals surface area contributed by atoms with Crippen molar-refractivity contribution in [3.63, 3.8) is 0 Å². The molecule has 0 radical (unpaired) electrons. The van der Waals surface area contributed by atoms with E-state index in [0.717, 1.165) is 4.90 Å². The van der Waals surface area contributed by atoms with E-state index >= 15 is 8.78 Å². The molecule has 1 N–H and O–H groups in total. The number of benzene rings is 2. The molecule has 4 aliphatic rings. The predicted octanol–water partition coefficient (Wildman–Crippen LogP) is 4.84. The van der Waals surface area contributed by atoms with Crippen molar-refractivity contribution >= 4 is 58.6 Å². The summed E-state index contributed by atoms with van der Waals surface area (Å²) in [5, 5.41) is 9.98. The lowest BCUT2D eigenvalue weighted by Gasteiger charge is -2.49. The van der Waals surface area contributed by atoms with Crippen LogP contribution in [0.3, 0.4) is 0 Å². The van der Waals surface area contributed by atoms with E-state index in [9.17, 15) is 37.5 Å². The fourth-order valence-corrected chi connectivity index (χ4v) is 7.87. The second kappa shape index (κ2) is 10.3. The number of fused-ring (bicyclic) bond motifs is 4. The van der Waals surface area contributed by atoms with Gasteiger partial charge in [-0.05, 0) is 36.5 Å². The van der Waals surface area contributed by atoms with Crippen molar-refractivity contribution in [1.82, 2.24) is 4.90 Å². The highest BCUT2D eigenvalue weighted by Crippen LogP contribution is 2.63. The van der Waals surface area contributed by atoms with Crippen LogP contribution in [0.2, 0.25) is 0 Å². The number of likely N-dealkylation sites (tertiary alicyclic amines) is 1. The number of anilines is 1. The molecule has 0 spiro atoms. The highest BCUT2D eigenvalue weighted by atomic mass is 35.5. The number of aromatic hydroxyl groups is 1. The van der Waals surface area contributed by atoms with Crippen molar-refractivity contribution in [2.45, 2.75) is 22.6 Å². The van der Waals surface area contributed by atoms with Gasteiger partial charge >= 0.3 is 0 Å². The summed E-state index contributed by atoms with van der Waals surface area (Å²) in [6.45, 7) is 0. The Morgan fingerprint density at radius 2 is 1.56 bits per heavy atom. The Morgan fingerprint density at radius 1 is 0.933 bits per heavy atom. The van der Waals surface area contributed by atoms with Gasteiger partial charge in [-0.25, -0.2) is 26.9 Å². The van der Waals surface area contributed by atoms with E-state index in [1.54, 1.807) is 6.08 Å². The zero-order valence-corrected chi connectivity index (χ0v) is 24.7. The van der Waals surface area contributed by atoms with Crippen molar-refractivity contribution in [2.75, 3.05) is 19.1 Å². The van der Waals surface area contributed by atoms with E-state index in [0.29, 0.717) is 11.1 Å². The summed E-state index contributed by atoms with van der Waals surface area (Å²) in [6.07, 6.45) is 3.84. The monoisotopic (exact) mass is 670 g/mol. The molecule has 4 amide bonds. The summed E-state index contributed by atoms with van der Waals surface area (Å²) >= 11 is 13.9. The van der Waals surface area contributed by atoms with Crippen molar-refractivity contribution in [3.8, 4) is 11.5 Å². The number of nitrogens with zero attached hydrogens (tertiary/aromatic N) is 2. The molecule has 15 heteroatoms. The van der Waals surface area contributed by atoms with E-state index in [1.807, 2.05) is 0 Å². The topological polar surface area (TPSA) is 104 Å². The van der Waals surface area contributed by atoms with Gasteiger partial charge in [-0.3, -0.25) is 24.1 Å². The van der Waals surface area contributed by atoms with E-state index in [2.05, 4.69) is 0 Å². The molecular weight excluding hydrogens is 650 g/mol. The minimum absolute atomic E-state index is 0.0501. The molecule has 2 aromatic rings. The first-order chi connectivity index (χ1) is 21.1. The number of amides is 4. The first-order valence-corrected chi connectivity index (χ1v) is 14.2. The molecule has 6 atom stereocenters. The highest BCUT2D eigenvalue weighted by molar-refractivity contribution is 6.58. The molecule has 3 fully saturated rings. The lowest BCUT2D eigenvalue weighted by Crippen LogP contribution is -2.60. The molecule has 2 aromatic carbocycles. The van der Waals surface area contributed by atoms with Crippen molar-refractivity contribution < 1.29 is 51.0 Å². The number of hydrogen-bond donors (Lipinski definition) is 1. The van der Waals surface area contributed by atoms with Gasteiger partial charge in [-0.2, -0.15) is 0 Å². The Balaban J connectivity index is 1.56. The standard InChI is InChI=1S/C30H21Cl2F5N2O6/c1-38-25(41)13-6-5-12-14(18(13)26(38)42)10-29(31)27(43)39(24-22(36)20(34)19(33)21(35)23(24)37)28(44)30(29,32)15(12)7-3-11-4-8-16(40)17(9-11)45-2/h3-5,7-9,13-15,18,40H,6,10H2,1-2H3. The van der Waals surface area contributed by atoms with Gasteiger partial charge in [-0.1, -0.05) is 29.9 Å². The molecule has 2 saturated heterocycles. The van der Waals surface area contributed by atoms with E-state index < -0.39 is 98.2 Å². The second-order valence-corrected chi connectivity index (χ2v) is 12.5. The number of imide groups is 2. The predicted molar refractivity (Wildman–Crippen MR) is 149 cm³/mol. The maximum atomic E-state index is 15.0. The molecule has 2 aliphatic carbocycles. The number of methoxy groups -OCH3 is 1. The maximum Gasteiger partial charge on any atom is 0.258 e. The Hall–Kier alpha value is -3.97. The summed E-state index contributed by atoms with van der Waals surface area (Å²) in [6, 6.07) is 4.19. The van der Waals surface area contributed by atoms with Crippen molar-refractivity contribution in [3.05, 3.63) is 70.6 Å². The number of carbonyl (C=O) groups excluding carboxylic acids is 4. The quantitative estimate of drug-likeness (QED) is 0.125. The zero-order chi connectivity index (χ0) is 32.9. The van der Waals surface area contributed by atoms with Crippen LogP contribution in [-0.2, 0) is 19.2 Å². The fourth-order valence-electron chi connectivity index (χ4n) is 6.98. The smallest absolute Gasteiger partial charge is 0.258 e. The molecule has 1 saturated carbocycles. The molecule has 8 nitrogen and oxygen atoms in total. The largest absolute Gasteiger partial charge is 0.504 e. The fraction of sp³-hybridized carbons (Fsp3) is 0.333. The first-order valence-electron chi connectivity index (χ1n) is 13.5. The van der Waals surface area contributed by atoms with Crippen LogP contribution in [-0.4, -0.2) is 57.5 Å². The minimum Gasteiger partial charge on any atom is -0.504 e. The summed E-state index contributed by atoms with van der Waals surface area (Å²) in [4.78, 5) is 49.7. The lowest BCUT2D eigenvalue weighted by molar-refractivity contribution is -0.138. The Kier molecular flexibility index (Phi) is 7.09. The van der Waals surface area contributed by atoms with Crippen LogP contribution in [0, 0.1) is 52.8 Å². The number of phenolic OH excluding ortho intramolecular Hbond substituents is 1. The van der Waals surface area contributed by atoms with Crippen LogP contribution >= 0.6 is 23.2 Å². The number of halogens is 7. The summed E-state index contributed by atoms with van der Waals surface area (Å²) in [7, 11) is 2.60. The second-order valence-electron chi connectivity index (χ2n) is 11.3. The third-order valence-corrected chi connectivity index (χ3v) is 10.6. The van der Waals surface area contributed by atoms with E-state index in [-0.39, 0.29) is 22.8 Å². The van der Waals surface area contributed by atoms with Crippen molar-refractivity contribution in [2.24, 2.45) is 23.7 Å². The minimum atomic E-state index is -2.60. The Labute approximate surface area is 261 Å². The molecule has 6 rings (SSSR count). The van der Waals surface area contributed by atoms with E-state index in [1.165, 1.54) is 44.5 Å². The number of alkyl halides is 2. The molecule has 6 unspecified atom stereocenters. The molecule has 236 valence electrons. The normalized spacial score (nSPS) is 31.0.